The molecule has 0 saturated carbocycles. The molecule has 2 aromatic rings. The van der Waals surface area contributed by atoms with Gasteiger partial charge in [0.25, 0.3) is 17.3 Å². The van der Waals surface area contributed by atoms with Crippen LogP contribution < -0.4 is 5.32 Å². The summed E-state index contributed by atoms with van der Waals surface area (Å²) in [5.41, 5.74) is -0.231. The Morgan fingerprint density at radius 2 is 1.57 bits per heavy atom. The van der Waals surface area contributed by atoms with Crippen LogP contribution in [0, 0.1) is 20.2 Å². The van der Waals surface area contributed by atoms with Crippen LogP contribution >= 0.6 is 11.8 Å². The van der Waals surface area contributed by atoms with Gasteiger partial charge in [-0.2, -0.15) is 11.8 Å². The number of hydrogen-bond acceptors (Lipinski definition) is 7. The van der Waals surface area contributed by atoms with E-state index in [1.54, 1.807) is 0 Å². The molecule has 9 nitrogen and oxygen atoms in total. The first kappa shape index (κ1) is 19.8. The highest BCUT2D eigenvalue weighted by Crippen LogP contribution is 2.25. The zero-order valence-corrected chi connectivity index (χ0v) is 15.6. The van der Waals surface area contributed by atoms with Crippen molar-refractivity contribution in [2.75, 3.05) is 24.6 Å². The van der Waals surface area contributed by atoms with Crippen molar-refractivity contribution in [2.24, 2.45) is 0 Å². The first-order valence-corrected chi connectivity index (χ1v) is 9.72. The highest BCUT2D eigenvalue weighted by molar-refractivity contribution is 7.99. The van der Waals surface area contributed by atoms with E-state index in [0.717, 1.165) is 48.4 Å². The van der Waals surface area contributed by atoms with Crippen LogP contribution in [0.3, 0.4) is 0 Å². The molecular weight excluding hydrogens is 384 g/mol. The minimum absolute atomic E-state index is 0.117. The van der Waals surface area contributed by atoms with Gasteiger partial charge in [0, 0.05) is 36.7 Å². The fourth-order valence-electron chi connectivity index (χ4n) is 3.00. The summed E-state index contributed by atoms with van der Waals surface area (Å²) < 4.78 is 0. The number of hydrogen-bond donors (Lipinski definition) is 1. The summed E-state index contributed by atoms with van der Waals surface area (Å²) in [6.45, 7) is 1.55. The summed E-state index contributed by atoms with van der Waals surface area (Å²) in [6.07, 6.45) is -0.423. The molecule has 0 radical (unpaired) electrons. The van der Waals surface area contributed by atoms with Crippen LogP contribution in [0.15, 0.2) is 48.5 Å². The molecule has 1 aliphatic rings. The van der Waals surface area contributed by atoms with Gasteiger partial charge in [-0.05, 0) is 5.56 Å². The van der Waals surface area contributed by atoms with Crippen molar-refractivity contribution in [1.29, 1.82) is 0 Å². The minimum Gasteiger partial charge on any atom is -0.332 e. The maximum Gasteiger partial charge on any atom is 0.277 e. The van der Waals surface area contributed by atoms with Crippen LogP contribution in [0.1, 0.15) is 22.1 Å². The summed E-state index contributed by atoms with van der Waals surface area (Å²) in [6, 6.07) is 12.3. The second-order valence-corrected chi connectivity index (χ2v) is 7.41. The fourth-order valence-corrected chi connectivity index (χ4v) is 3.93. The van der Waals surface area contributed by atoms with E-state index in [2.05, 4.69) is 10.2 Å². The third-order valence-corrected chi connectivity index (χ3v) is 5.32. The van der Waals surface area contributed by atoms with Crippen LogP contribution in [0.5, 0.6) is 0 Å². The molecule has 0 aromatic heterocycles. The third kappa shape index (κ3) is 4.65. The van der Waals surface area contributed by atoms with E-state index in [0.29, 0.717) is 0 Å². The average Bonchev–Trinajstić information content (AvgIpc) is 2.72. The molecule has 1 fully saturated rings. The number of rotatable bonds is 6. The Morgan fingerprint density at radius 3 is 2.11 bits per heavy atom. The van der Waals surface area contributed by atoms with Crippen molar-refractivity contribution in [3.8, 4) is 0 Å². The normalized spacial score (nSPS) is 15.6. The molecule has 1 aliphatic heterocycles. The van der Waals surface area contributed by atoms with Crippen LogP contribution in [-0.2, 0) is 0 Å². The number of carbonyl (C=O) groups is 1. The molecule has 1 N–H and O–H groups in total. The van der Waals surface area contributed by atoms with Gasteiger partial charge < -0.3 is 5.32 Å². The topological polar surface area (TPSA) is 119 Å². The Morgan fingerprint density at radius 1 is 1.00 bits per heavy atom. The van der Waals surface area contributed by atoms with Crippen molar-refractivity contribution in [3.63, 3.8) is 0 Å². The maximum absolute atomic E-state index is 12.8. The number of thioether (sulfide) groups is 1. The molecule has 1 heterocycles. The van der Waals surface area contributed by atoms with E-state index in [4.69, 9.17) is 0 Å². The van der Waals surface area contributed by atoms with Gasteiger partial charge in [0.2, 0.25) is 0 Å². The first-order chi connectivity index (χ1) is 13.5. The van der Waals surface area contributed by atoms with Gasteiger partial charge >= 0.3 is 0 Å². The first-order valence-electron chi connectivity index (χ1n) is 8.57. The molecule has 1 unspecified atom stereocenters. The number of nitrogens with zero attached hydrogens (tertiary/aromatic N) is 3. The van der Waals surface area contributed by atoms with Crippen LogP contribution in [-0.4, -0.2) is 45.2 Å². The largest absolute Gasteiger partial charge is 0.332 e. The van der Waals surface area contributed by atoms with Gasteiger partial charge in [-0.1, -0.05) is 30.3 Å². The van der Waals surface area contributed by atoms with Crippen molar-refractivity contribution in [3.05, 3.63) is 79.9 Å². The molecule has 0 aliphatic carbocycles. The lowest BCUT2D eigenvalue weighted by molar-refractivity contribution is -0.394. The predicted octanol–water partition coefficient (Wildman–Crippen LogP) is 2.98. The maximum atomic E-state index is 12.8. The smallest absolute Gasteiger partial charge is 0.277 e. The lowest BCUT2D eigenvalue weighted by Gasteiger charge is -2.35. The van der Waals surface area contributed by atoms with Crippen molar-refractivity contribution in [2.45, 2.75) is 6.17 Å². The summed E-state index contributed by atoms with van der Waals surface area (Å²) in [5.74, 6) is 1.27. The Kier molecular flexibility index (Phi) is 6.22. The molecule has 3 rings (SSSR count). The van der Waals surface area contributed by atoms with E-state index >= 15 is 0 Å². The van der Waals surface area contributed by atoms with Crippen molar-refractivity contribution < 1.29 is 14.6 Å². The quantitative estimate of drug-likeness (QED) is 0.583. The monoisotopic (exact) mass is 402 g/mol. The zero-order chi connectivity index (χ0) is 20.1. The van der Waals surface area contributed by atoms with E-state index < -0.39 is 33.3 Å². The number of carbonyl (C=O) groups excluding carboxylic acids is 1. The van der Waals surface area contributed by atoms with Crippen molar-refractivity contribution >= 4 is 29.0 Å². The average molecular weight is 402 g/mol. The van der Waals surface area contributed by atoms with Crippen LogP contribution in [0.2, 0.25) is 0 Å². The highest BCUT2D eigenvalue weighted by Gasteiger charge is 2.26. The summed E-state index contributed by atoms with van der Waals surface area (Å²) in [7, 11) is 0. The van der Waals surface area contributed by atoms with Crippen LogP contribution in [0.4, 0.5) is 11.4 Å². The highest BCUT2D eigenvalue weighted by atomic mass is 32.2. The lowest BCUT2D eigenvalue weighted by atomic mass is 10.1. The molecule has 0 bridgehead atoms. The van der Waals surface area contributed by atoms with Crippen molar-refractivity contribution in [1.82, 2.24) is 10.2 Å². The molecule has 10 heteroatoms. The van der Waals surface area contributed by atoms with E-state index in [1.807, 2.05) is 42.1 Å². The number of non-ortho nitro benzene ring substituents is 2. The van der Waals surface area contributed by atoms with Gasteiger partial charge in [0.15, 0.2) is 0 Å². The molecule has 146 valence electrons. The van der Waals surface area contributed by atoms with Gasteiger partial charge in [-0.25, -0.2) is 0 Å². The second kappa shape index (κ2) is 8.81. The van der Waals surface area contributed by atoms with Crippen LogP contribution in [0.25, 0.3) is 0 Å². The molecule has 1 saturated heterocycles. The second-order valence-electron chi connectivity index (χ2n) is 6.19. The van der Waals surface area contributed by atoms with E-state index in [-0.39, 0.29) is 5.56 Å². The molecule has 0 spiro atoms. The summed E-state index contributed by atoms with van der Waals surface area (Å²) in [4.78, 5) is 35.6. The Labute approximate surface area is 165 Å². The number of benzene rings is 2. The van der Waals surface area contributed by atoms with Gasteiger partial charge in [0.05, 0.1) is 21.5 Å². The van der Waals surface area contributed by atoms with E-state index in [1.165, 1.54) is 0 Å². The molecule has 1 amide bonds. The lowest BCUT2D eigenvalue weighted by Crippen LogP contribution is -2.45. The molecule has 1 atom stereocenters. The van der Waals surface area contributed by atoms with Gasteiger partial charge in [-0.15, -0.1) is 0 Å². The Bertz CT molecular complexity index is 855. The number of nitrogens with one attached hydrogen (secondary N) is 1. The number of amides is 1. The summed E-state index contributed by atoms with van der Waals surface area (Å²) in [5, 5.41) is 25.0. The zero-order valence-electron chi connectivity index (χ0n) is 14.8. The molecular formula is C18H18N4O5S. The molecule has 2 aromatic carbocycles. The molecule has 28 heavy (non-hydrogen) atoms. The fraction of sp³-hybridized carbons (Fsp3) is 0.278. The predicted molar refractivity (Wildman–Crippen MR) is 105 cm³/mol. The number of nitro benzene ring substituents is 2. The Hall–Kier alpha value is -2.98. The van der Waals surface area contributed by atoms with Gasteiger partial charge in [-0.3, -0.25) is 29.9 Å². The SMILES string of the molecule is O=C(NC(c1ccccc1)N1CCSCC1)c1cc([N+](=O)[O-])cc([N+](=O)[O-])c1. The van der Waals surface area contributed by atoms with Gasteiger partial charge in [0.1, 0.15) is 6.17 Å². The third-order valence-electron chi connectivity index (χ3n) is 4.38. The van der Waals surface area contributed by atoms with E-state index in [9.17, 15) is 25.0 Å². The summed E-state index contributed by atoms with van der Waals surface area (Å²) >= 11 is 1.83. The number of nitro groups is 2. The minimum atomic E-state index is -0.750. The standard InChI is InChI=1S/C18H18N4O5S/c23-18(14-10-15(21(24)25)12-16(11-14)22(26)27)19-17(13-4-2-1-3-5-13)20-6-8-28-9-7-20/h1-5,10-12,17H,6-9H2,(H,19,23). The Balaban J connectivity index is 1.91.